The number of hydrogen-bond donors (Lipinski definition) is 2. The molecule has 2 heterocycles. The molecule has 1 aliphatic heterocycles. The first-order chi connectivity index (χ1) is 9.15. The molecule has 0 amide bonds. The van der Waals surface area contributed by atoms with Gasteiger partial charge in [-0.1, -0.05) is 6.92 Å². The van der Waals surface area contributed by atoms with E-state index >= 15 is 0 Å². The molecule has 4 heteroatoms. The van der Waals surface area contributed by atoms with Crippen molar-refractivity contribution < 1.29 is 5.11 Å². The number of aromatic hydroxyl groups is 1. The van der Waals surface area contributed by atoms with Crippen LogP contribution in [0.25, 0.3) is 0 Å². The predicted molar refractivity (Wildman–Crippen MR) is 81.3 cm³/mol. The normalized spacial score (nSPS) is 21.9. The van der Waals surface area contributed by atoms with Gasteiger partial charge in [-0.2, -0.15) is 0 Å². The fourth-order valence-electron chi connectivity index (χ4n) is 3.74. The van der Waals surface area contributed by atoms with Crippen LogP contribution < -0.4 is 10.7 Å². The van der Waals surface area contributed by atoms with Crippen LogP contribution in [0.4, 0.5) is 0 Å². The molecule has 1 fully saturated rings. The predicted octanol–water partition coefficient (Wildman–Crippen LogP) is 2.60. The number of piperidine rings is 1. The van der Waals surface area contributed by atoms with E-state index in [1.165, 1.54) is 6.07 Å². The maximum absolute atomic E-state index is 11.6. The van der Waals surface area contributed by atoms with Gasteiger partial charge in [-0.15, -0.1) is 0 Å². The van der Waals surface area contributed by atoms with Crippen molar-refractivity contribution in [1.29, 1.82) is 0 Å². The van der Waals surface area contributed by atoms with Gasteiger partial charge in [0, 0.05) is 29.4 Å². The van der Waals surface area contributed by atoms with Gasteiger partial charge in [-0.05, 0) is 47.0 Å². The van der Waals surface area contributed by atoms with E-state index < -0.39 is 0 Å². The lowest BCUT2D eigenvalue weighted by atomic mass is 9.79. The number of rotatable bonds is 2. The van der Waals surface area contributed by atoms with Crippen LogP contribution in [0.2, 0.25) is 0 Å². The molecule has 2 N–H and O–H groups in total. The Morgan fingerprint density at radius 3 is 2.35 bits per heavy atom. The summed E-state index contributed by atoms with van der Waals surface area (Å²) in [6.07, 6.45) is 4.45. The van der Waals surface area contributed by atoms with E-state index in [4.69, 9.17) is 0 Å². The third kappa shape index (κ3) is 2.90. The van der Waals surface area contributed by atoms with Crippen LogP contribution in [0, 0.1) is 0 Å². The van der Waals surface area contributed by atoms with Gasteiger partial charge in [0.25, 0.3) is 0 Å². The molecule has 0 atom stereocenters. The molecule has 4 nitrogen and oxygen atoms in total. The largest absolute Gasteiger partial charge is 0.503 e. The van der Waals surface area contributed by atoms with E-state index in [2.05, 4.69) is 37.6 Å². The van der Waals surface area contributed by atoms with E-state index in [0.717, 1.165) is 18.5 Å². The highest BCUT2D eigenvalue weighted by Gasteiger charge is 2.38. The lowest BCUT2D eigenvalue weighted by molar-refractivity contribution is 0.130. The maximum atomic E-state index is 11.6. The number of pyridine rings is 1. The molecule has 1 aliphatic rings. The molecular weight excluding hydrogens is 252 g/mol. The lowest BCUT2D eigenvalue weighted by Crippen LogP contribution is -2.58. The van der Waals surface area contributed by atoms with Gasteiger partial charge in [-0.25, -0.2) is 0 Å². The van der Waals surface area contributed by atoms with Crippen molar-refractivity contribution in [3.8, 4) is 5.75 Å². The van der Waals surface area contributed by atoms with Crippen LogP contribution in [0.15, 0.2) is 17.1 Å². The average molecular weight is 278 g/mol. The quantitative estimate of drug-likeness (QED) is 0.874. The summed E-state index contributed by atoms with van der Waals surface area (Å²) in [4.78, 5) is 11.6. The second-order valence-corrected chi connectivity index (χ2v) is 7.19. The number of nitrogens with zero attached hydrogens (tertiary/aromatic N) is 1. The van der Waals surface area contributed by atoms with Crippen molar-refractivity contribution >= 4 is 0 Å². The monoisotopic (exact) mass is 278 g/mol. The lowest BCUT2D eigenvalue weighted by Gasteiger charge is -2.47. The van der Waals surface area contributed by atoms with Crippen molar-refractivity contribution in [2.75, 3.05) is 0 Å². The van der Waals surface area contributed by atoms with Crippen LogP contribution >= 0.6 is 0 Å². The zero-order valence-electron chi connectivity index (χ0n) is 13.2. The summed E-state index contributed by atoms with van der Waals surface area (Å²) in [6, 6.07) is 1.76. The summed E-state index contributed by atoms with van der Waals surface area (Å²) in [5, 5.41) is 13.7. The van der Waals surface area contributed by atoms with Gasteiger partial charge in [0.2, 0.25) is 5.43 Å². The van der Waals surface area contributed by atoms with Crippen LogP contribution in [-0.4, -0.2) is 20.8 Å². The highest BCUT2D eigenvalue weighted by Crippen LogP contribution is 2.37. The topological polar surface area (TPSA) is 54.3 Å². The second kappa shape index (κ2) is 4.92. The third-order valence-corrected chi connectivity index (χ3v) is 4.10. The fourth-order valence-corrected chi connectivity index (χ4v) is 3.74. The average Bonchev–Trinajstić information content (AvgIpc) is 2.28. The summed E-state index contributed by atoms with van der Waals surface area (Å²) in [5.74, 6) is -0.0934. The maximum Gasteiger partial charge on any atom is 0.223 e. The van der Waals surface area contributed by atoms with Crippen LogP contribution in [-0.2, 0) is 6.42 Å². The van der Waals surface area contributed by atoms with E-state index in [9.17, 15) is 9.90 Å². The Hall–Kier alpha value is -1.29. The fraction of sp³-hybridized carbons (Fsp3) is 0.688. The molecule has 0 aromatic carbocycles. The minimum absolute atomic E-state index is 0.0379. The number of aromatic nitrogens is 1. The first-order valence-electron chi connectivity index (χ1n) is 7.37. The van der Waals surface area contributed by atoms with Gasteiger partial charge in [0.1, 0.15) is 0 Å². The standard InChI is InChI=1S/C16H26N2O2/c1-6-12-14(20)13(19)7-8-18(12)11-9-15(2,3)17-16(4,5)10-11/h7-8,11,17,20H,6,9-10H2,1-5H3. The molecule has 2 rings (SSSR count). The summed E-state index contributed by atoms with van der Waals surface area (Å²) >= 11 is 0. The smallest absolute Gasteiger partial charge is 0.223 e. The van der Waals surface area contributed by atoms with Crippen molar-refractivity contribution in [2.24, 2.45) is 0 Å². The molecule has 0 unspecified atom stereocenters. The molecule has 0 saturated carbocycles. The van der Waals surface area contributed by atoms with Crippen molar-refractivity contribution in [3.05, 3.63) is 28.2 Å². The van der Waals surface area contributed by atoms with Gasteiger partial charge in [-0.3, -0.25) is 4.79 Å². The Balaban J connectivity index is 2.46. The summed E-state index contributed by atoms with van der Waals surface area (Å²) in [6.45, 7) is 10.8. The molecule has 1 saturated heterocycles. The number of nitrogens with one attached hydrogen (secondary N) is 1. The summed E-state index contributed by atoms with van der Waals surface area (Å²) in [5.41, 5.74) is 0.536. The van der Waals surface area contributed by atoms with E-state index in [0.29, 0.717) is 12.5 Å². The zero-order chi connectivity index (χ0) is 15.1. The van der Waals surface area contributed by atoms with E-state index in [1.54, 1.807) is 0 Å². The highest BCUT2D eigenvalue weighted by atomic mass is 16.3. The minimum atomic E-state index is -0.287. The molecule has 0 bridgehead atoms. The van der Waals surface area contributed by atoms with Crippen LogP contribution in [0.3, 0.4) is 0 Å². The minimum Gasteiger partial charge on any atom is -0.503 e. The molecule has 1 aromatic heterocycles. The summed E-state index contributed by atoms with van der Waals surface area (Å²) < 4.78 is 2.10. The van der Waals surface area contributed by atoms with Crippen molar-refractivity contribution in [3.63, 3.8) is 0 Å². The Labute approximate surface area is 120 Å². The molecule has 1 aromatic rings. The highest BCUT2D eigenvalue weighted by molar-refractivity contribution is 5.27. The van der Waals surface area contributed by atoms with Gasteiger partial charge in [0.15, 0.2) is 5.75 Å². The van der Waals surface area contributed by atoms with Crippen LogP contribution in [0.5, 0.6) is 5.75 Å². The first kappa shape index (κ1) is 15.1. The Morgan fingerprint density at radius 1 is 1.30 bits per heavy atom. The summed E-state index contributed by atoms with van der Waals surface area (Å²) in [7, 11) is 0. The SMILES string of the molecule is CCc1c(O)c(=O)ccn1C1CC(C)(C)NC(C)(C)C1. The molecule has 20 heavy (non-hydrogen) atoms. The Morgan fingerprint density at radius 2 is 1.85 bits per heavy atom. The Bertz CT molecular complexity index is 542. The van der Waals surface area contributed by atoms with Gasteiger partial charge in [0.05, 0.1) is 5.69 Å². The Kier molecular flexibility index (Phi) is 3.71. The first-order valence-corrected chi connectivity index (χ1v) is 7.37. The molecule has 0 spiro atoms. The zero-order valence-corrected chi connectivity index (χ0v) is 13.2. The van der Waals surface area contributed by atoms with Crippen LogP contribution in [0.1, 0.15) is 59.2 Å². The molecule has 112 valence electrons. The second-order valence-electron chi connectivity index (χ2n) is 7.19. The van der Waals surface area contributed by atoms with E-state index in [1.807, 2.05) is 13.1 Å². The molecule has 0 aliphatic carbocycles. The molecule has 0 radical (unpaired) electrons. The van der Waals surface area contributed by atoms with Crippen molar-refractivity contribution in [1.82, 2.24) is 9.88 Å². The number of hydrogen-bond acceptors (Lipinski definition) is 3. The van der Waals surface area contributed by atoms with Crippen molar-refractivity contribution in [2.45, 2.75) is 71.0 Å². The van der Waals surface area contributed by atoms with Gasteiger partial charge >= 0.3 is 0 Å². The third-order valence-electron chi connectivity index (χ3n) is 4.10. The molecular formula is C16H26N2O2. The van der Waals surface area contributed by atoms with E-state index in [-0.39, 0.29) is 22.3 Å². The van der Waals surface area contributed by atoms with Gasteiger partial charge < -0.3 is 15.0 Å².